The van der Waals surface area contributed by atoms with Crippen LogP contribution in [0.1, 0.15) is 10.4 Å². The normalized spacial score (nSPS) is 8.94. The van der Waals surface area contributed by atoms with Crippen molar-refractivity contribution in [2.24, 2.45) is 0 Å². The van der Waals surface area contributed by atoms with Crippen molar-refractivity contribution in [2.75, 3.05) is 0 Å². The molecule has 0 saturated carbocycles. The van der Waals surface area contributed by atoms with Crippen LogP contribution in [0.25, 0.3) is 0 Å². The van der Waals surface area contributed by atoms with Gasteiger partial charge in [-0.25, -0.2) is 4.79 Å². The second-order valence-electron chi connectivity index (χ2n) is 2.53. The molecule has 10 heteroatoms. The minimum atomic E-state index is -1.56. The van der Waals surface area contributed by atoms with E-state index in [9.17, 15) is 25.0 Å². The third kappa shape index (κ3) is 3.66. The Bertz CT molecular complexity index is 443. The van der Waals surface area contributed by atoms with Crippen molar-refractivity contribution in [3.8, 4) is 5.75 Å². The van der Waals surface area contributed by atoms with Crippen molar-refractivity contribution < 1.29 is 24.7 Å². The molecule has 0 fully saturated rings. The van der Waals surface area contributed by atoms with Crippen LogP contribution in [-0.2, 0) is 0 Å². The van der Waals surface area contributed by atoms with Crippen LogP contribution in [0.3, 0.4) is 0 Å². The number of carboxylic acid groups (broad SMARTS) is 1. The van der Waals surface area contributed by atoms with Crippen molar-refractivity contribution in [2.45, 2.75) is 0 Å². The molecule has 9 nitrogen and oxygen atoms in total. The Morgan fingerprint density at radius 1 is 1.29 bits per heavy atom. The second kappa shape index (κ2) is 6.13. The molecule has 0 saturated heterocycles. The number of benzene rings is 1. The second-order valence-corrected chi connectivity index (χ2v) is 2.53. The summed E-state index contributed by atoms with van der Waals surface area (Å²) in [7, 11) is 0. The molecule has 0 aliphatic heterocycles. The fourth-order valence-corrected chi connectivity index (χ4v) is 1.01. The van der Waals surface area contributed by atoms with Gasteiger partial charge in [-0.1, -0.05) is 6.07 Å². The summed E-state index contributed by atoms with van der Waals surface area (Å²) in [6.45, 7) is 0. The number of nitro benzene ring substituents is 1. The maximum absolute atomic E-state index is 10.7. The van der Waals surface area contributed by atoms with E-state index in [2.05, 4.69) is 4.84 Å². The van der Waals surface area contributed by atoms with E-state index in [-0.39, 0.29) is 29.6 Å². The zero-order chi connectivity index (χ0) is 12.3. The van der Waals surface area contributed by atoms with E-state index >= 15 is 0 Å². The van der Waals surface area contributed by atoms with E-state index in [0.29, 0.717) is 0 Å². The Morgan fingerprint density at radius 2 is 1.88 bits per heavy atom. The quantitative estimate of drug-likeness (QED) is 0.467. The van der Waals surface area contributed by atoms with Gasteiger partial charge in [0, 0.05) is 35.6 Å². The van der Waals surface area contributed by atoms with E-state index in [1.165, 1.54) is 0 Å². The molecule has 0 bridgehead atoms. The minimum Gasteiger partial charge on any atom is -0.478 e. The molecule has 1 aromatic rings. The topological polar surface area (TPSA) is 133 Å². The largest absolute Gasteiger partial charge is 0.478 e. The van der Waals surface area contributed by atoms with E-state index in [1.54, 1.807) is 0 Å². The number of para-hydroxylation sites is 1. The van der Waals surface area contributed by atoms with Crippen molar-refractivity contribution in [1.29, 1.82) is 0 Å². The number of hydrogen-bond donors (Lipinski definition) is 1. The first-order chi connectivity index (χ1) is 7.43. The third-order valence-corrected chi connectivity index (χ3v) is 1.59. The Kier molecular flexibility index (Phi) is 5.51. The summed E-state index contributed by atoms with van der Waals surface area (Å²) in [6, 6.07) is 2.97. The minimum absolute atomic E-state index is 0. The fraction of sp³-hybridized carbons (Fsp3) is 0. The van der Waals surface area contributed by atoms with Crippen LogP contribution >= 0.6 is 0 Å². The smallest absolute Gasteiger partial charge is 0.338 e. The predicted octanol–water partition coefficient (Wildman–Crippen LogP) is 0.483. The van der Waals surface area contributed by atoms with Crippen LogP contribution < -0.4 is 4.84 Å². The molecule has 0 heterocycles. The number of rotatable bonds is 4. The van der Waals surface area contributed by atoms with Crippen LogP contribution in [0.15, 0.2) is 18.2 Å². The van der Waals surface area contributed by atoms with E-state index in [1.807, 2.05) is 0 Å². The standard InChI is InChI=1S/C7H4N2O7.Na/c10-7(11)4-2-1-3-5(8(12)13)6(4)16-9(14)15;/h1-3H,(H,10,11);. The molecule has 1 radical (unpaired) electrons. The number of hydrogen-bond acceptors (Lipinski definition) is 6. The van der Waals surface area contributed by atoms with Crippen LogP contribution in [0.4, 0.5) is 5.69 Å². The van der Waals surface area contributed by atoms with Gasteiger partial charge in [0.15, 0.2) is 0 Å². The molecule has 0 atom stereocenters. The van der Waals surface area contributed by atoms with Crippen LogP contribution in [-0.4, -0.2) is 50.6 Å². The van der Waals surface area contributed by atoms with Gasteiger partial charge in [0.2, 0.25) is 5.75 Å². The molecule has 17 heavy (non-hydrogen) atoms. The van der Waals surface area contributed by atoms with Crippen molar-refractivity contribution in [1.82, 2.24) is 0 Å². The van der Waals surface area contributed by atoms with Crippen LogP contribution in [0, 0.1) is 20.2 Å². The molecule has 0 unspecified atom stereocenters. The Balaban J connectivity index is 0.00000256. The van der Waals surface area contributed by atoms with Gasteiger partial charge in [0.05, 0.1) is 10.5 Å². The molecule has 1 aromatic carbocycles. The number of nitrogens with zero attached hydrogens (tertiary/aromatic N) is 2. The van der Waals surface area contributed by atoms with E-state index < -0.39 is 33.0 Å². The van der Waals surface area contributed by atoms with Crippen LogP contribution in [0.5, 0.6) is 5.75 Å². The van der Waals surface area contributed by atoms with Gasteiger partial charge in [-0.3, -0.25) is 15.0 Å². The summed E-state index contributed by atoms with van der Waals surface area (Å²) in [5.74, 6) is -2.45. The van der Waals surface area contributed by atoms with Gasteiger partial charge < -0.3 is 5.11 Å². The molecular formula is C7H4N2NaO7. The summed E-state index contributed by atoms with van der Waals surface area (Å²) in [5.41, 5.74) is -1.43. The van der Waals surface area contributed by atoms with Gasteiger partial charge in [-0.05, 0) is 6.07 Å². The average molecular weight is 251 g/mol. The fourth-order valence-electron chi connectivity index (χ4n) is 1.01. The van der Waals surface area contributed by atoms with Gasteiger partial charge in [-0.15, -0.1) is 10.1 Å². The molecular weight excluding hydrogens is 247 g/mol. The molecule has 0 aromatic heterocycles. The first-order valence-electron chi connectivity index (χ1n) is 3.76. The summed E-state index contributed by atoms with van der Waals surface area (Å²) >= 11 is 0. The van der Waals surface area contributed by atoms with Crippen molar-refractivity contribution in [3.05, 3.63) is 44.0 Å². The molecule has 1 rings (SSSR count). The number of nitro groups is 1. The summed E-state index contributed by atoms with van der Waals surface area (Å²) < 4.78 is 0. The zero-order valence-electron chi connectivity index (χ0n) is 8.52. The van der Waals surface area contributed by atoms with E-state index in [0.717, 1.165) is 18.2 Å². The molecule has 85 valence electrons. The van der Waals surface area contributed by atoms with E-state index in [4.69, 9.17) is 5.11 Å². The molecule has 1 N–H and O–H groups in total. The molecule has 0 aliphatic rings. The third-order valence-electron chi connectivity index (χ3n) is 1.59. The van der Waals surface area contributed by atoms with Crippen molar-refractivity contribution in [3.63, 3.8) is 0 Å². The SMILES string of the molecule is O=C(O)c1cccc([N+](=O)[O-])c1O[N+](=O)[O-].[Na]. The predicted molar refractivity (Wildman–Crippen MR) is 53.4 cm³/mol. The van der Waals surface area contributed by atoms with Gasteiger partial charge in [0.25, 0.3) is 10.8 Å². The van der Waals surface area contributed by atoms with Gasteiger partial charge in [0.1, 0.15) is 0 Å². The van der Waals surface area contributed by atoms with Gasteiger partial charge in [-0.2, -0.15) is 0 Å². The maximum Gasteiger partial charge on any atom is 0.338 e. The Morgan fingerprint density at radius 3 is 2.29 bits per heavy atom. The monoisotopic (exact) mass is 251 g/mol. The summed E-state index contributed by atoms with van der Waals surface area (Å²) in [5, 5.41) is 27.9. The number of carboxylic acids is 1. The molecule has 0 spiro atoms. The Hall–Kier alpha value is -1.71. The first-order valence-corrected chi connectivity index (χ1v) is 3.76. The zero-order valence-corrected chi connectivity index (χ0v) is 10.5. The maximum atomic E-state index is 10.7. The van der Waals surface area contributed by atoms with Crippen molar-refractivity contribution >= 4 is 41.2 Å². The first kappa shape index (κ1) is 15.3. The average Bonchev–Trinajstić information content (AvgIpc) is 2.16. The number of aromatic carboxylic acids is 1. The van der Waals surface area contributed by atoms with Crippen LogP contribution in [0.2, 0.25) is 0 Å². The molecule has 0 amide bonds. The summed E-state index contributed by atoms with van der Waals surface area (Å²) in [6.07, 6.45) is 0. The molecule has 0 aliphatic carbocycles. The summed E-state index contributed by atoms with van der Waals surface area (Å²) in [4.78, 5) is 34.2. The Labute approximate surface area is 116 Å². The number of carbonyl (C=O) groups is 1. The van der Waals surface area contributed by atoms with Gasteiger partial charge >= 0.3 is 5.97 Å².